The molecule has 1 amide bonds. The van der Waals surface area contributed by atoms with E-state index in [1.807, 2.05) is 36.4 Å². The van der Waals surface area contributed by atoms with Crippen molar-refractivity contribution in [2.75, 3.05) is 25.1 Å². The van der Waals surface area contributed by atoms with Crippen molar-refractivity contribution in [2.45, 2.75) is 33.1 Å². The SMILES string of the molecule is C=C(NCC/C(=C/CC)c1cc(Cl)ccc1C)C1CCN(c2ccccc2OC)C1=O. The van der Waals surface area contributed by atoms with E-state index in [1.54, 1.807) is 12.0 Å². The van der Waals surface area contributed by atoms with Gasteiger partial charge in [0.05, 0.1) is 18.7 Å². The maximum atomic E-state index is 13.1. The topological polar surface area (TPSA) is 41.6 Å². The van der Waals surface area contributed by atoms with Crippen LogP contribution < -0.4 is 15.0 Å². The van der Waals surface area contributed by atoms with Crippen molar-refractivity contribution in [3.63, 3.8) is 0 Å². The van der Waals surface area contributed by atoms with E-state index in [0.29, 0.717) is 12.3 Å². The summed E-state index contributed by atoms with van der Waals surface area (Å²) in [5, 5.41) is 4.14. The number of anilines is 1. The third kappa shape index (κ3) is 5.31. The smallest absolute Gasteiger partial charge is 0.236 e. The largest absolute Gasteiger partial charge is 0.495 e. The zero-order valence-corrected chi connectivity index (χ0v) is 19.3. The Labute approximate surface area is 190 Å². The van der Waals surface area contributed by atoms with Gasteiger partial charge in [-0.15, -0.1) is 0 Å². The van der Waals surface area contributed by atoms with E-state index < -0.39 is 0 Å². The molecule has 0 radical (unpaired) electrons. The van der Waals surface area contributed by atoms with Crippen LogP contribution in [-0.4, -0.2) is 26.1 Å². The highest BCUT2D eigenvalue weighted by Crippen LogP contribution is 2.34. The maximum absolute atomic E-state index is 13.1. The van der Waals surface area contributed by atoms with Crippen LogP contribution in [0.25, 0.3) is 5.57 Å². The van der Waals surface area contributed by atoms with E-state index >= 15 is 0 Å². The first kappa shape index (κ1) is 23.0. The van der Waals surface area contributed by atoms with Gasteiger partial charge in [0.1, 0.15) is 5.75 Å². The number of nitrogens with one attached hydrogen (secondary N) is 1. The molecule has 1 fully saturated rings. The number of para-hydroxylation sites is 2. The first-order valence-electron chi connectivity index (χ1n) is 10.8. The fraction of sp³-hybridized carbons (Fsp3) is 0.346. The Morgan fingerprint density at radius 1 is 1.32 bits per heavy atom. The molecule has 3 rings (SSSR count). The van der Waals surface area contributed by atoms with Crippen LogP contribution in [0.5, 0.6) is 5.75 Å². The van der Waals surface area contributed by atoms with Crippen molar-refractivity contribution in [2.24, 2.45) is 5.92 Å². The van der Waals surface area contributed by atoms with Crippen LogP contribution in [0.1, 0.15) is 37.3 Å². The Balaban J connectivity index is 1.62. The van der Waals surface area contributed by atoms with Gasteiger partial charge in [-0.3, -0.25) is 4.79 Å². The van der Waals surface area contributed by atoms with E-state index in [-0.39, 0.29) is 11.8 Å². The van der Waals surface area contributed by atoms with E-state index in [2.05, 4.69) is 37.9 Å². The van der Waals surface area contributed by atoms with Gasteiger partial charge >= 0.3 is 0 Å². The molecule has 1 atom stereocenters. The number of benzene rings is 2. The van der Waals surface area contributed by atoms with Gasteiger partial charge in [-0.1, -0.05) is 49.4 Å². The quantitative estimate of drug-likeness (QED) is 0.522. The molecule has 2 aromatic rings. The number of amides is 1. The van der Waals surface area contributed by atoms with Crippen LogP contribution >= 0.6 is 11.6 Å². The minimum Gasteiger partial charge on any atom is -0.495 e. The molecule has 0 saturated carbocycles. The number of hydrogen-bond acceptors (Lipinski definition) is 3. The lowest BCUT2D eigenvalue weighted by Gasteiger charge is -2.20. The number of methoxy groups -OCH3 is 1. The first-order chi connectivity index (χ1) is 15.0. The monoisotopic (exact) mass is 438 g/mol. The lowest BCUT2D eigenvalue weighted by atomic mass is 9.97. The second kappa shape index (κ2) is 10.5. The normalized spacial score (nSPS) is 16.5. The second-order valence-electron chi connectivity index (χ2n) is 7.80. The summed E-state index contributed by atoms with van der Waals surface area (Å²) < 4.78 is 5.43. The third-order valence-electron chi connectivity index (χ3n) is 5.74. The van der Waals surface area contributed by atoms with Gasteiger partial charge in [-0.2, -0.15) is 0 Å². The first-order valence-corrected chi connectivity index (χ1v) is 11.2. The number of halogens is 1. The molecule has 1 N–H and O–H groups in total. The molecule has 0 bridgehead atoms. The van der Waals surface area contributed by atoms with Gasteiger partial charge in [-0.25, -0.2) is 0 Å². The van der Waals surface area contributed by atoms with Crippen LogP contribution in [0, 0.1) is 12.8 Å². The number of carbonyl (C=O) groups is 1. The number of rotatable bonds is 9. The van der Waals surface area contributed by atoms with Crippen molar-refractivity contribution in [3.05, 3.63) is 77.0 Å². The number of hydrogen-bond donors (Lipinski definition) is 1. The molecular formula is C26H31ClN2O2. The predicted octanol–water partition coefficient (Wildman–Crippen LogP) is 6.00. The molecule has 1 heterocycles. The molecular weight excluding hydrogens is 408 g/mol. The van der Waals surface area contributed by atoms with Crippen LogP contribution in [0.2, 0.25) is 5.02 Å². The van der Waals surface area contributed by atoms with E-state index in [0.717, 1.165) is 42.2 Å². The standard InChI is InChI=1S/C26H31ClN2O2/c1-5-8-20(23-17-21(27)12-11-18(23)2)13-15-28-19(3)22-14-16-29(26(22)30)24-9-6-7-10-25(24)31-4/h6-12,17,22,28H,3,5,13-16H2,1-2,4H3/b20-8-. The lowest BCUT2D eigenvalue weighted by Crippen LogP contribution is -2.31. The van der Waals surface area contributed by atoms with Gasteiger partial charge in [-0.05, 0) is 67.2 Å². The fourth-order valence-corrected chi connectivity index (χ4v) is 4.28. The van der Waals surface area contributed by atoms with E-state index in [4.69, 9.17) is 16.3 Å². The lowest BCUT2D eigenvalue weighted by molar-refractivity contribution is -0.119. The summed E-state index contributed by atoms with van der Waals surface area (Å²) in [4.78, 5) is 14.9. The molecule has 4 nitrogen and oxygen atoms in total. The number of carbonyl (C=O) groups excluding carboxylic acids is 1. The molecule has 0 aromatic heterocycles. The number of allylic oxidation sites excluding steroid dienone is 1. The zero-order chi connectivity index (χ0) is 22.4. The predicted molar refractivity (Wildman–Crippen MR) is 130 cm³/mol. The molecule has 2 aromatic carbocycles. The molecule has 1 aliphatic rings. The Morgan fingerprint density at radius 2 is 2.10 bits per heavy atom. The molecule has 164 valence electrons. The minimum absolute atomic E-state index is 0.0667. The van der Waals surface area contributed by atoms with Crippen LogP contribution in [0.3, 0.4) is 0 Å². The van der Waals surface area contributed by atoms with Crippen LogP contribution in [-0.2, 0) is 4.79 Å². The summed E-state index contributed by atoms with van der Waals surface area (Å²) >= 11 is 6.23. The van der Waals surface area contributed by atoms with Crippen LogP contribution in [0.4, 0.5) is 5.69 Å². The molecule has 1 unspecified atom stereocenters. The van der Waals surface area contributed by atoms with Gasteiger partial charge in [0.25, 0.3) is 0 Å². The summed E-state index contributed by atoms with van der Waals surface area (Å²) in [5.74, 6) is 0.551. The molecule has 31 heavy (non-hydrogen) atoms. The van der Waals surface area contributed by atoms with Gasteiger partial charge < -0.3 is 15.0 Å². The molecule has 0 spiro atoms. The molecule has 5 heteroatoms. The Bertz CT molecular complexity index is 983. The summed E-state index contributed by atoms with van der Waals surface area (Å²) in [6, 6.07) is 13.6. The van der Waals surface area contributed by atoms with E-state index in [1.165, 1.54) is 16.7 Å². The number of aryl methyl sites for hydroxylation is 1. The Kier molecular flexibility index (Phi) is 7.80. The van der Waals surface area contributed by atoms with E-state index in [9.17, 15) is 4.79 Å². The summed E-state index contributed by atoms with van der Waals surface area (Å²) in [5.41, 5.74) is 5.24. The Morgan fingerprint density at radius 3 is 2.84 bits per heavy atom. The van der Waals surface area contributed by atoms with Crippen molar-refractivity contribution in [1.29, 1.82) is 0 Å². The summed E-state index contributed by atoms with van der Waals surface area (Å²) in [6.45, 7) is 9.79. The highest BCUT2D eigenvalue weighted by molar-refractivity contribution is 6.30. The third-order valence-corrected chi connectivity index (χ3v) is 5.98. The highest BCUT2D eigenvalue weighted by atomic mass is 35.5. The average molecular weight is 439 g/mol. The number of ether oxygens (including phenoxy) is 1. The second-order valence-corrected chi connectivity index (χ2v) is 8.24. The summed E-state index contributed by atoms with van der Waals surface area (Å²) in [6.07, 6.45) is 4.78. The number of nitrogens with zero attached hydrogens (tertiary/aromatic N) is 1. The minimum atomic E-state index is -0.226. The molecule has 0 aliphatic carbocycles. The molecule has 1 saturated heterocycles. The maximum Gasteiger partial charge on any atom is 0.236 e. The molecule has 1 aliphatic heterocycles. The average Bonchev–Trinajstić information content (AvgIpc) is 3.16. The van der Waals surface area contributed by atoms with Crippen molar-refractivity contribution in [3.8, 4) is 5.75 Å². The van der Waals surface area contributed by atoms with Gasteiger partial charge in [0.2, 0.25) is 5.91 Å². The summed E-state index contributed by atoms with van der Waals surface area (Å²) in [7, 11) is 1.63. The van der Waals surface area contributed by atoms with Crippen LogP contribution in [0.15, 0.2) is 60.8 Å². The van der Waals surface area contributed by atoms with Gasteiger partial charge in [0, 0.05) is 23.8 Å². The Hall–Kier alpha value is -2.72. The van der Waals surface area contributed by atoms with Crippen molar-refractivity contribution >= 4 is 28.8 Å². The zero-order valence-electron chi connectivity index (χ0n) is 18.6. The van der Waals surface area contributed by atoms with Gasteiger partial charge in [0.15, 0.2) is 0 Å². The fourth-order valence-electron chi connectivity index (χ4n) is 4.11. The van der Waals surface area contributed by atoms with Crippen molar-refractivity contribution in [1.82, 2.24) is 5.32 Å². The van der Waals surface area contributed by atoms with Crippen molar-refractivity contribution < 1.29 is 9.53 Å². The highest BCUT2D eigenvalue weighted by Gasteiger charge is 2.35.